The Bertz CT molecular complexity index is 238. The first kappa shape index (κ1) is 12.2. The van der Waals surface area contributed by atoms with Gasteiger partial charge in [-0.25, -0.2) is 0 Å². The molecule has 1 aliphatic heterocycles. The van der Waals surface area contributed by atoms with Crippen LogP contribution in [-0.2, 0) is 4.79 Å². The first-order valence-electron chi connectivity index (χ1n) is 5.77. The number of hydrogen-bond donors (Lipinski definition) is 0. The minimum absolute atomic E-state index is 0.0743. The normalized spacial score (nSPS) is 23.2. The summed E-state index contributed by atoms with van der Waals surface area (Å²) in [5.74, 6) is 0.0743. The Labute approximate surface area is 92.7 Å². The number of amides is 1. The molecule has 0 aliphatic carbocycles. The molecule has 86 valence electrons. The van der Waals surface area contributed by atoms with E-state index >= 15 is 0 Å². The lowest BCUT2D eigenvalue weighted by atomic mass is 10.1. The van der Waals surface area contributed by atoms with Gasteiger partial charge in [-0.3, -0.25) is 9.69 Å². The van der Waals surface area contributed by atoms with Crippen LogP contribution >= 0.6 is 0 Å². The quantitative estimate of drug-likeness (QED) is 0.659. The van der Waals surface area contributed by atoms with Crippen LogP contribution in [0.3, 0.4) is 0 Å². The summed E-state index contributed by atoms with van der Waals surface area (Å²) in [6, 6.07) is 0.923. The largest absolute Gasteiger partial charge is 0.334 e. The van der Waals surface area contributed by atoms with Crippen LogP contribution in [-0.4, -0.2) is 47.4 Å². The summed E-state index contributed by atoms with van der Waals surface area (Å²) >= 11 is 0. The van der Waals surface area contributed by atoms with Crippen LogP contribution in [0.2, 0.25) is 0 Å². The second-order valence-electron chi connectivity index (χ2n) is 4.39. The highest BCUT2D eigenvalue weighted by Crippen LogP contribution is 2.15. The van der Waals surface area contributed by atoms with Crippen LogP contribution in [0.4, 0.5) is 0 Å². The van der Waals surface area contributed by atoms with Gasteiger partial charge in [0, 0.05) is 31.7 Å². The number of piperazine rings is 1. The van der Waals surface area contributed by atoms with E-state index in [1.54, 1.807) is 0 Å². The smallest absolute Gasteiger partial charge is 0.246 e. The second kappa shape index (κ2) is 5.31. The Hall–Kier alpha value is -0.830. The van der Waals surface area contributed by atoms with Crippen molar-refractivity contribution in [3.05, 3.63) is 12.7 Å². The van der Waals surface area contributed by atoms with Crippen LogP contribution in [0.25, 0.3) is 0 Å². The molecule has 0 saturated carbocycles. The highest BCUT2D eigenvalue weighted by Gasteiger charge is 2.28. The summed E-state index contributed by atoms with van der Waals surface area (Å²) in [5.41, 5.74) is 0. The Morgan fingerprint density at radius 1 is 1.53 bits per heavy atom. The van der Waals surface area contributed by atoms with Crippen molar-refractivity contribution in [3.8, 4) is 0 Å². The van der Waals surface area contributed by atoms with E-state index < -0.39 is 0 Å². The van der Waals surface area contributed by atoms with E-state index in [2.05, 4.69) is 32.3 Å². The summed E-state index contributed by atoms with van der Waals surface area (Å²) in [5, 5.41) is 0. The van der Waals surface area contributed by atoms with Crippen molar-refractivity contribution < 1.29 is 4.79 Å². The Morgan fingerprint density at radius 2 is 2.20 bits per heavy atom. The van der Waals surface area contributed by atoms with Crippen LogP contribution in [0.5, 0.6) is 0 Å². The molecule has 1 saturated heterocycles. The number of carbonyl (C=O) groups is 1. The lowest BCUT2D eigenvalue weighted by Gasteiger charge is -2.42. The topological polar surface area (TPSA) is 23.6 Å². The van der Waals surface area contributed by atoms with E-state index in [0.29, 0.717) is 12.1 Å². The summed E-state index contributed by atoms with van der Waals surface area (Å²) in [4.78, 5) is 16.0. The molecule has 1 rings (SSSR count). The van der Waals surface area contributed by atoms with E-state index in [-0.39, 0.29) is 5.91 Å². The van der Waals surface area contributed by atoms with Crippen LogP contribution in [0.1, 0.15) is 27.2 Å². The monoisotopic (exact) mass is 210 g/mol. The van der Waals surface area contributed by atoms with Crippen LogP contribution in [0.15, 0.2) is 12.7 Å². The van der Waals surface area contributed by atoms with Crippen molar-refractivity contribution >= 4 is 5.91 Å². The molecular weight excluding hydrogens is 188 g/mol. The average Bonchev–Trinajstić information content (AvgIpc) is 2.27. The summed E-state index contributed by atoms with van der Waals surface area (Å²) in [6.07, 6.45) is 2.44. The van der Waals surface area contributed by atoms with Gasteiger partial charge in [0.15, 0.2) is 0 Å². The molecule has 0 aromatic carbocycles. The molecule has 1 heterocycles. The minimum Gasteiger partial charge on any atom is -0.334 e. The van der Waals surface area contributed by atoms with Gasteiger partial charge in [0.05, 0.1) is 0 Å². The van der Waals surface area contributed by atoms with Crippen molar-refractivity contribution in [3.63, 3.8) is 0 Å². The third-order valence-electron chi connectivity index (χ3n) is 3.17. The molecule has 1 atom stereocenters. The van der Waals surface area contributed by atoms with Gasteiger partial charge >= 0.3 is 0 Å². The Morgan fingerprint density at radius 3 is 2.67 bits per heavy atom. The first-order chi connectivity index (χ1) is 7.10. The number of rotatable bonds is 3. The lowest BCUT2D eigenvalue weighted by molar-refractivity contribution is -0.131. The van der Waals surface area contributed by atoms with Crippen molar-refractivity contribution in [1.29, 1.82) is 0 Å². The van der Waals surface area contributed by atoms with Gasteiger partial charge in [0.25, 0.3) is 0 Å². The molecule has 0 aromatic rings. The van der Waals surface area contributed by atoms with E-state index in [1.165, 1.54) is 6.08 Å². The van der Waals surface area contributed by atoms with Gasteiger partial charge in [-0.15, -0.1) is 0 Å². The fourth-order valence-electron chi connectivity index (χ4n) is 2.11. The van der Waals surface area contributed by atoms with Crippen molar-refractivity contribution in [1.82, 2.24) is 9.80 Å². The van der Waals surface area contributed by atoms with Gasteiger partial charge in [0.2, 0.25) is 5.91 Å². The van der Waals surface area contributed by atoms with Gasteiger partial charge in [0.1, 0.15) is 0 Å². The van der Waals surface area contributed by atoms with E-state index in [4.69, 9.17) is 0 Å². The Balaban J connectivity index is 2.64. The van der Waals surface area contributed by atoms with E-state index in [1.807, 2.05) is 4.90 Å². The average molecular weight is 210 g/mol. The molecular formula is C12H22N2O. The third-order valence-corrected chi connectivity index (χ3v) is 3.17. The van der Waals surface area contributed by atoms with E-state index in [0.717, 1.165) is 26.1 Å². The zero-order valence-corrected chi connectivity index (χ0v) is 10.1. The Kier molecular flexibility index (Phi) is 4.33. The fraction of sp³-hybridized carbons (Fsp3) is 0.750. The molecule has 0 spiro atoms. The maximum absolute atomic E-state index is 11.6. The van der Waals surface area contributed by atoms with Gasteiger partial charge in [-0.1, -0.05) is 13.5 Å². The predicted octanol–water partition coefficient (Wildman–Crippen LogP) is 1.50. The summed E-state index contributed by atoms with van der Waals surface area (Å²) in [7, 11) is 0. The van der Waals surface area contributed by atoms with Crippen molar-refractivity contribution in [2.24, 2.45) is 0 Å². The van der Waals surface area contributed by atoms with Gasteiger partial charge < -0.3 is 4.90 Å². The zero-order valence-electron chi connectivity index (χ0n) is 10.1. The lowest BCUT2D eigenvalue weighted by Crippen LogP contribution is -2.56. The number of hydrogen-bond acceptors (Lipinski definition) is 2. The molecule has 3 nitrogen and oxygen atoms in total. The van der Waals surface area contributed by atoms with Crippen LogP contribution < -0.4 is 0 Å². The molecule has 0 bridgehead atoms. The fourth-order valence-corrected chi connectivity index (χ4v) is 2.11. The third kappa shape index (κ3) is 2.81. The molecule has 15 heavy (non-hydrogen) atoms. The van der Waals surface area contributed by atoms with Crippen molar-refractivity contribution in [2.75, 3.05) is 19.6 Å². The number of carbonyl (C=O) groups excluding carboxylic acids is 1. The molecule has 1 unspecified atom stereocenters. The molecule has 0 radical (unpaired) electrons. The minimum atomic E-state index is 0.0743. The molecule has 1 amide bonds. The first-order valence-corrected chi connectivity index (χ1v) is 5.77. The molecule has 0 aromatic heterocycles. The van der Waals surface area contributed by atoms with E-state index in [9.17, 15) is 4.79 Å². The van der Waals surface area contributed by atoms with Gasteiger partial charge in [-0.05, 0) is 26.3 Å². The maximum atomic E-state index is 11.6. The number of nitrogens with zero attached hydrogens (tertiary/aromatic N) is 2. The zero-order chi connectivity index (χ0) is 11.4. The summed E-state index contributed by atoms with van der Waals surface area (Å²) in [6.45, 7) is 12.9. The maximum Gasteiger partial charge on any atom is 0.246 e. The summed E-state index contributed by atoms with van der Waals surface area (Å²) < 4.78 is 0. The predicted molar refractivity (Wildman–Crippen MR) is 62.7 cm³/mol. The SMILES string of the molecule is C=CC(=O)N1CCN(C(C)C)CC1CC. The molecule has 3 heteroatoms. The molecule has 1 fully saturated rings. The van der Waals surface area contributed by atoms with Crippen LogP contribution in [0, 0.1) is 0 Å². The highest BCUT2D eigenvalue weighted by molar-refractivity contribution is 5.87. The standard InChI is InChI=1S/C12H22N2O/c1-5-11-9-13(10(3)4)7-8-14(11)12(15)6-2/h6,10-11H,2,5,7-9H2,1,3-4H3. The molecule has 0 N–H and O–H groups in total. The highest BCUT2D eigenvalue weighted by atomic mass is 16.2. The van der Waals surface area contributed by atoms with Crippen molar-refractivity contribution in [2.45, 2.75) is 39.3 Å². The second-order valence-corrected chi connectivity index (χ2v) is 4.39. The van der Waals surface area contributed by atoms with Gasteiger partial charge in [-0.2, -0.15) is 0 Å². The molecule has 1 aliphatic rings.